The van der Waals surface area contributed by atoms with Crippen LogP contribution in [0.1, 0.15) is 26.7 Å². The lowest BCUT2D eigenvalue weighted by Crippen LogP contribution is -2.14. The smallest absolute Gasteiger partial charge is 0.176 e. The van der Waals surface area contributed by atoms with Gasteiger partial charge in [0.2, 0.25) is 0 Å². The van der Waals surface area contributed by atoms with E-state index in [4.69, 9.17) is 9.47 Å². The van der Waals surface area contributed by atoms with Gasteiger partial charge in [-0.2, -0.15) is 0 Å². The maximum Gasteiger partial charge on any atom is 0.176 e. The fraction of sp³-hybridized carbons (Fsp3) is 0.800. The monoisotopic (exact) mass is 298 g/mol. The van der Waals surface area contributed by atoms with Crippen LogP contribution in [0.2, 0.25) is 0 Å². The Morgan fingerprint density at radius 3 is 2.31 bits per heavy atom. The SMILES string of the molecule is CCOC(/C=C/CCCI)OCC. The molecule has 0 radical (unpaired) electrons. The van der Waals surface area contributed by atoms with E-state index in [-0.39, 0.29) is 6.29 Å². The minimum atomic E-state index is -0.149. The Morgan fingerprint density at radius 1 is 1.23 bits per heavy atom. The van der Waals surface area contributed by atoms with Gasteiger partial charge in [-0.05, 0) is 37.2 Å². The van der Waals surface area contributed by atoms with E-state index >= 15 is 0 Å². The highest BCUT2D eigenvalue weighted by molar-refractivity contribution is 14.1. The van der Waals surface area contributed by atoms with Crippen LogP contribution in [0.5, 0.6) is 0 Å². The Kier molecular flexibility index (Phi) is 10.8. The van der Waals surface area contributed by atoms with E-state index in [2.05, 4.69) is 28.7 Å². The summed E-state index contributed by atoms with van der Waals surface area (Å²) in [5.74, 6) is 0. The summed E-state index contributed by atoms with van der Waals surface area (Å²) in [6.45, 7) is 5.35. The van der Waals surface area contributed by atoms with Crippen molar-refractivity contribution < 1.29 is 9.47 Å². The van der Waals surface area contributed by atoms with Crippen LogP contribution in [0.4, 0.5) is 0 Å². The maximum atomic E-state index is 5.35. The summed E-state index contributed by atoms with van der Waals surface area (Å²) in [5, 5.41) is 0. The first-order valence-corrected chi connectivity index (χ1v) is 6.33. The van der Waals surface area contributed by atoms with E-state index in [0.29, 0.717) is 13.2 Å². The van der Waals surface area contributed by atoms with Gasteiger partial charge in [0.25, 0.3) is 0 Å². The summed E-state index contributed by atoms with van der Waals surface area (Å²) in [7, 11) is 0. The van der Waals surface area contributed by atoms with Gasteiger partial charge in [0, 0.05) is 13.2 Å². The molecule has 0 unspecified atom stereocenters. The molecular weight excluding hydrogens is 279 g/mol. The number of allylic oxidation sites excluding steroid dienone is 1. The van der Waals surface area contributed by atoms with Gasteiger partial charge < -0.3 is 9.47 Å². The molecule has 0 fully saturated rings. The number of hydrogen-bond acceptors (Lipinski definition) is 2. The highest BCUT2D eigenvalue weighted by Gasteiger charge is 2.00. The third-order valence-electron chi connectivity index (χ3n) is 1.46. The van der Waals surface area contributed by atoms with Crippen LogP contribution in [-0.2, 0) is 9.47 Å². The lowest BCUT2D eigenvalue weighted by atomic mass is 10.3. The second-order valence-corrected chi connectivity index (χ2v) is 3.62. The second-order valence-electron chi connectivity index (χ2n) is 2.54. The van der Waals surface area contributed by atoms with Crippen molar-refractivity contribution in [3.8, 4) is 0 Å². The molecule has 0 aliphatic carbocycles. The normalized spacial score (nSPS) is 11.7. The number of rotatable bonds is 8. The predicted molar refractivity (Wildman–Crippen MR) is 64.3 cm³/mol. The van der Waals surface area contributed by atoms with E-state index in [1.54, 1.807) is 0 Å². The predicted octanol–water partition coefficient (Wildman–Crippen LogP) is 3.16. The van der Waals surface area contributed by atoms with Crippen LogP contribution in [0.15, 0.2) is 12.2 Å². The topological polar surface area (TPSA) is 18.5 Å². The zero-order valence-electron chi connectivity index (χ0n) is 8.46. The molecule has 0 saturated heterocycles. The summed E-state index contributed by atoms with van der Waals surface area (Å²) >= 11 is 2.38. The Bertz CT molecular complexity index is 120. The van der Waals surface area contributed by atoms with E-state index < -0.39 is 0 Å². The number of alkyl halides is 1. The van der Waals surface area contributed by atoms with Gasteiger partial charge in [-0.15, -0.1) is 0 Å². The molecule has 0 aromatic rings. The Hall–Kier alpha value is 0.390. The van der Waals surface area contributed by atoms with Crippen molar-refractivity contribution in [1.29, 1.82) is 0 Å². The summed E-state index contributed by atoms with van der Waals surface area (Å²) in [5.41, 5.74) is 0. The van der Waals surface area contributed by atoms with Gasteiger partial charge in [0.15, 0.2) is 6.29 Å². The van der Waals surface area contributed by atoms with Gasteiger partial charge in [-0.3, -0.25) is 0 Å². The molecule has 0 amide bonds. The zero-order chi connectivity index (χ0) is 9.94. The molecule has 0 aliphatic rings. The van der Waals surface area contributed by atoms with Crippen LogP contribution in [0, 0.1) is 0 Å². The molecule has 0 rings (SSSR count). The Labute approximate surface area is 94.8 Å². The molecule has 13 heavy (non-hydrogen) atoms. The number of hydrogen-bond donors (Lipinski definition) is 0. The molecule has 3 heteroatoms. The molecule has 2 nitrogen and oxygen atoms in total. The van der Waals surface area contributed by atoms with Gasteiger partial charge >= 0.3 is 0 Å². The zero-order valence-corrected chi connectivity index (χ0v) is 10.6. The molecule has 0 aromatic heterocycles. The number of ether oxygens (including phenoxy) is 2. The molecule has 78 valence electrons. The summed E-state index contributed by atoms with van der Waals surface area (Å²) in [4.78, 5) is 0. The maximum absolute atomic E-state index is 5.35. The molecule has 0 spiro atoms. The minimum absolute atomic E-state index is 0.149. The van der Waals surface area contributed by atoms with E-state index in [1.165, 1.54) is 10.8 Å². The Morgan fingerprint density at radius 2 is 1.85 bits per heavy atom. The average molecular weight is 298 g/mol. The standard InChI is InChI=1S/C10H19IO2/c1-3-12-10(13-4-2)8-6-5-7-9-11/h6,8,10H,3-5,7,9H2,1-2H3/b8-6+. The van der Waals surface area contributed by atoms with Crippen LogP contribution < -0.4 is 0 Å². The molecule has 0 heterocycles. The summed E-state index contributed by atoms with van der Waals surface area (Å²) < 4.78 is 11.9. The Balaban J connectivity index is 3.58. The molecule has 0 aliphatic heterocycles. The average Bonchev–Trinajstić information content (AvgIpc) is 2.13. The first kappa shape index (κ1) is 13.4. The van der Waals surface area contributed by atoms with Gasteiger partial charge in [-0.1, -0.05) is 28.7 Å². The molecule has 0 saturated carbocycles. The van der Waals surface area contributed by atoms with Crippen molar-refractivity contribution >= 4 is 22.6 Å². The van der Waals surface area contributed by atoms with E-state index in [1.807, 2.05) is 19.9 Å². The first-order chi connectivity index (χ1) is 6.35. The van der Waals surface area contributed by atoms with Crippen molar-refractivity contribution in [1.82, 2.24) is 0 Å². The summed E-state index contributed by atoms with van der Waals surface area (Å²) in [6.07, 6.45) is 6.32. The largest absolute Gasteiger partial charge is 0.349 e. The highest BCUT2D eigenvalue weighted by Crippen LogP contribution is 2.01. The quantitative estimate of drug-likeness (QED) is 0.225. The van der Waals surface area contributed by atoms with Crippen molar-refractivity contribution in [2.75, 3.05) is 17.6 Å². The minimum Gasteiger partial charge on any atom is -0.349 e. The summed E-state index contributed by atoms with van der Waals surface area (Å²) in [6, 6.07) is 0. The van der Waals surface area contributed by atoms with Crippen LogP contribution in [-0.4, -0.2) is 23.9 Å². The number of unbranched alkanes of at least 4 members (excludes halogenated alkanes) is 1. The number of halogens is 1. The van der Waals surface area contributed by atoms with Gasteiger partial charge in [0.1, 0.15) is 0 Å². The van der Waals surface area contributed by atoms with Crippen molar-refractivity contribution in [3.05, 3.63) is 12.2 Å². The fourth-order valence-corrected chi connectivity index (χ4v) is 1.33. The van der Waals surface area contributed by atoms with Gasteiger partial charge in [0.05, 0.1) is 0 Å². The molecule has 0 aromatic carbocycles. The lowest BCUT2D eigenvalue weighted by Gasteiger charge is -2.12. The van der Waals surface area contributed by atoms with E-state index in [0.717, 1.165) is 6.42 Å². The van der Waals surface area contributed by atoms with Crippen molar-refractivity contribution in [2.45, 2.75) is 33.0 Å². The molecular formula is C10H19IO2. The van der Waals surface area contributed by atoms with Crippen LogP contribution in [0.3, 0.4) is 0 Å². The molecule has 0 atom stereocenters. The third-order valence-corrected chi connectivity index (χ3v) is 2.22. The molecule has 0 N–H and O–H groups in total. The molecule has 0 bridgehead atoms. The van der Waals surface area contributed by atoms with Gasteiger partial charge in [-0.25, -0.2) is 0 Å². The van der Waals surface area contributed by atoms with E-state index in [9.17, 15) is 0 Å². The fourth-order valence-electron chi connectivity index (χ4n) is 0.890. The second kappa shape index (κ2) is 10.5. The van der Waals surface area contributed by atoms with Crippen molar-refractivity contribution in [3.63, 3.8) is 0 Å². The first-order valence-electron chi connectivity index (χ1n) is 4.81. The third kappa shape index (κ3) is 8.71. The lowest BCUT2D eigenvalue weighted by molar-refractivity contribution is -0.104. The highest BCUT2D eigenvalue weighted by atomic mass is 127. The van der Waals surface area contributed by atoms with Crippen LogP contribution in [0.25, 0.3) is 0 Å². The van der Waals surface area contributed by atoms with Crippen molar-refractivity contribution in [2.24, 2.45) is 0 Å². The van der Waals surface area contributed by atoms with Crippen LogP contribution >= 0.6 is 22.6 Å².